The summed E-state index contributed by atoms with van der Waals surface area (Å²) in [5.74, 6) is -3.23. The van der Waals surface area contributed by atoms with Gasteiger partial charge in [-0.05, 0) is 35.9 Å². The minimum absolute atomic E-state index is 0.497. The Morgan fingerprint density at radius 1 is 1.00 bits per heavy atom. The Labute approximate surface area is 156 Å². The molecule has 0 bridgehead atoms. The Morgan fingerprint density at radius 3 is 2.27 bits per heavy atom. The third-order valence-corrected chi connectivity index (χ3v) is 4.93. The van der Waals surface area contributed by atoms with E-state index in [2.05, 4.69) is 6.92 Å². The molecule has 0 aliphatic carbocycles. The number of carbonyl (C=O) groups excluding carboxylic acids is 1. The average molecular weight is 378 g/mol. The molecule has 26 heavy (non-hydrogen) atoms. The van der Waals surface area contributed by atoms with Gasteiger partial charge in [0.1, 0.15) is 17.5 Å². The Hall–Kier alpha value is -2.01. The van der Waals surface area contributed by atoms with E-state index in [1.807, 2.05) is 24.3 Å². The average Bonchev–Trinajstić information content (AvgIpc) is 2.60. The predicted octanol–water partition coefficient (Wildman–Crippen LogP) is 6.67. The molecule has 0 N–H and O–H groups in total. The first-order chi connectivity index (χ1) is 12.5. The third kappa shape index (κ3) is 6.06. The van der Waals surface area contributed by atoms with Gasteiger partial charge in [0.2, 0.25) is 0 Å². The SMILES string of the molecule is CCCCCCSc1ccc(/C=C/C(=O)c2c(F)cc(F)cc2F)cc1. The van der Waals surface area contributed by atoms with Crippen LogP contribution in [-0.2, 0) is 0 Å². The van der Waals surface area contributed by atoms with E-state index in [0.29, 0.717) is 12.1 Å². The number of rotatable bonds is 9. The van der Waals surface area contributed by atoms with Gasteiger partial charge in [-0.15, -0.1) is 11.8 Å². The molecule has 0 aliphatic heterocycles. The minimum Gasteiger partial charge on any atom is -0.289 e. The van der Waals surface area contributed by atoms with Crippen LogP contribution in [0.3, 0.4) is 0 Å². The maximum absolute atomic E-state index is 13.6. The highest BCUT2D eigenvalue weighted by atomic mass is 32.2. The molecule has 2 rings (SSSR count). The Kier molecular flexibility index (Phi) is 7.98. The summed E-state index contributed by atoms with van der Waals surface area (Å²) < 4.78 is 40.1. The quantitative estimate of drug-likeness (QED) is 0.210. The van der Waals surface area contributed by atoms with Gasteiger partial charge in [-0.2, -0.15) is 0 Å². The fraction of sp³-hybridized carbons (Fsp3) is 0.286. The summed E-state index contributed by atoms with van der Waals surface area (Å²) in [7, 11) is 0. The van der Waals surface area contributed by atoms with Crippen LogP contribution < -0.4 is 0 Å². The van der Waals surface area contributed by atoms with Crippen LogP contribution in [0.15, 0.2) is 47.4 Å². The third-order valence-electron chi connectivity index (χ3n) is 3.83. The summed E-state index contributed by atoms with van der Waals surface area (Å²) in [6.45, 7) is 2.18. The van der Waals surface area contributed by atoms with Gasteiger partial charge >= 0.3 is 0 Å². The predicted molar refractivity (Wildman–Crippen MR) is 101 cm³/mol. The van der Waals surface area contributed by atoms with Gasteiger partial charge < -0.3 is 0 Å². The van der Waals surface area contributed by atoms with Crippen LogP contribution in [0.5, 0.6) is 0 Å². The topological polar surface area (TPSA) is 17.1 Å². The first-order valence-electron chi connectivity index (χ1n) is 8.61. The molecule has 0 aromatic heterocycles. The highest BCUT2D eigenvalue weighted by molar-refractivity contribution is 7.99. The molecule has 0 saturated heterocycles. The van der Waals surface area contributed by atoms with Crippen molar-refractivity contribution < 1.29 is 18.0 Å². The summed E-state index contributed by atoms with van der Waals surface area (Å²) in [6, 6.07) is 8.58. The van der Waals surface area contributed by atoms with Gasteiger partial charge in [-0.25, -0.2) is 13.2 Å². The van der Waals surface area contributed by atoms with Gasteiger partial charge in [0.05, 0.1) is 5.56 Å². The lowest BCUT2D eigenvalue weighted by atomic mass is 10.1. The molecule has 1 nitrogen and oxygen atoms in total. The smallest absolute Gasteiger partial charge is 0.191 e. The van der Waals surface area contributed by atoms with Crippen LogP contribution in [0.1, 0.15) is 48.5 Å². The van der Waals surface area contributed by atoms with Crippen LogP contribution in [0.2, 0.25) is 0 Å². The highest BCUT2D eigenvalue weighted by Crippen LogP contribution is 2.21. The number of unbranched alkanes of at least 4 members (excludes halogenated alkanes) is 3. The second-order valence-electron chi connectivity index (χ2n) is 5.92. The Balaban J connectivity index is 1.95. The van der Waals surface area contributed by atoms with Crippen molar-refractivity contribution in [2.75, 3.05) is 5.75 Å². The highest BCUT2D eigenvalue weighted by Gasteiger charge is 2.16. The van der Waals surface area contributed by atoms with E-state index in [1.165, 1.54) is 31.8 Å². The van der Waals surface area contributed by atoms with Crippen molar-refractivity contribution >= 4 is 23.6 Å². The van der Waals surface area contributed by atoms with Crippen LogP contribution in [-0.4, -0.2) is 11.5 Å². The molecular formula is C21H21F3OS. The first-order valence-corrected chi connectivity index (χ1v) is 9.59. The molecule has 2 aromatic carbocycles. The summed E-state index contributed by atoms with van der Waals surface area (Å²) in [5.41, 5.74) is -0.00137. The van der Waals surface area contributed by atoms with Gasteiger partial charge in [-0.3, -0.25) is 4.79 Å². The number of benzene rings is 2. The second kappa shape index (κ2) is 10.2. The zero-order chi connectivity index (χ0) is 18.9. The van der Waals surface area contributed by atoms with Gasteiger partial charge in [-0.1, -0.05) is 44.4 Å². The molecule has 0 atom stereocenters. The largest absolute Gasteiger partial charge is 0.289 e. The van der Waals surface area contributed by atoms with Crippen molar-refractivity contribution in [2.24, 2.45) is 0 Å². The molecule has 0 spiro atoms. The molecule has 0 unspecified atom stereocenters. The molecule has 138 valence electrons. The number of hydrogen-bond donors (Lipinski definition) is 0. The summed E-state index contributed by atoms with van der Waals surface area (Å²) >= 11 is 1.78. The van der Waals surface area contributed by atoms with Crippen molar-refractivity contribution in [3.63, 3.8) is 0 Å². The number of carbonyl (C=O) groups is 1. The maximum Gasteiger partial charge on any atom is 0.191 e. The zero-order valence-corrected chi connectivity index (χ0v) is 15.4. The maximum atomic E-state index is 13.6. The molecular weight excluding hydrogens is 357 g/mol. The van der Waals surface area contributed by atoms with Crippen LogP contribution >= 0.6 is 11.8 Å². The molecule has 0 saturated carbocycles. The van der Waals surface area contributed by atoms with Crippen molar-refractivity contribution in [1.29, 1.82) is 0 Å². The second-order valence-corrected chi connectivity index (χ2v) is 7.09. The van der Waals surface area contributed by atoms with E-state index in [4.69, 9.17) is 0 Å². The Bertz CT molecular complexity index is 746. The number of halogens is 3. The standard InChI is InChI=1S/C21H21F3OS/c1-2-3-4-5-12-26-17-9-6-15(7-10-17)8-11-20(25)21-18(23)13-16(22)14-19(21)24/h6-11,13-14H,2-5,12H2,1H3/b11-8+. The van der Waals surface area contributed by atoms with Crippen LogP contribution in [0.25, 0.3) is 6.08 Å². The van der Waals surface area contributed by atoms with Crippen molar-refractivity contribution in [3.8, 4) is 0 Å². The lowest BCUT2D eigenvalue weighted by Crippen LogP contribution is -2.03. The van der Waals surface area contributed by atoms with Crippen molar-refractivity contribution in [2.45, 2.75) is 37.5 Å². The number of thioether (sulfide) groups is 1. The van der Waals surface area contributed by atoms with Gasteiger partial charge in [0, 0.05) is 17.0 Å². The zero-order valence-electron chi connectivity index (χ0n) is 14.6. The van der Waals surface area contributed by atoms with E-state index in [0.717, 1.165) is 22.3 Å². The first kappa shape index (κ1) is 20.3. The van der Waals surface area contributed by atoms with E-state index in [1.54, 1.807) is 11.8 Å². The fourth-order valence-corrected chi connectivity index (χ4v) is 3.34. The summed E-state index contributed by atoms with van der Waals surface area (Å²) in [6.07, 6.45) is 7.47. The van der Waals surface area contributed by atoms with E-state index < -0.39 is 28.8 Å². The number of hydrogen-bond acceptors (Lipinski definition) is 2. The Morgan fingerprint density at radius 2 is 1.65 bits per heavy atom. The number of allylic oxidation sites excluding steroid dienone is 1. The van der Waals surface area contributed by atoms with Gasteiger partial charge in [0.15, 0.2) is 5.78 Å². The lowest BCUT2D eigenvalue weighted by molar-refractivity contribution is 0.104. The van der Waals surface area contributed by atoms with E-state index >= 15 is 0 Å². The summed E-state index contributed by atoms with van der Waals surface area (Å²) in [4.78, 5) is 13.1. The fourth-order valence-electron chi connectivity index (χ4n) is 2.43. The van der Waals surface area contributed by atoms with Crippen LogP contribution in [0.4, 0.5) is 13.2 Å². The molecule has 0 aliphatic rings. The molecule has 0 fully saturated rings. The summed E-state index contributed by atoms with van der Waals surface area (Å²) in [5, 5.41) is 0. The van der Waals surface area contributed by atoms with Crippen molar-refractivity contribution in [1.82, 2.24) is 0 Å². The monoisotopic (exact) mass is 378 g/mol. The molecule has 0 radical (unpaired) electrons. The van der Waals surface area contributed by atoms with Crippen molar-refractivity contribution in [3.05, 3.63) is 71.1 Å². The molecule has 5 heteroatoms. The molecule has 0 amide bonds. The minimum atomic E-state index is -1.20. The normalized spacial score (nSPS) is 11.2. The van der Waals surface area contributed by atoms with Gasteiger partial charge in [0.25, 0.3) is 0 Å². The molecule has 0 heterocycles. The van der Waals surface area contributed by atoms with Crippen LogP contribution in [0, 0.1) is 17.5 Å². The van der Waals surface area contributed by atoms with E-state index in [-0.39, 0.29) is 0 Å². The molecule has 2 aromatic rings. The van der Waals surface area contributed by atoms with E-state index in [9.17, 15) is 18.0 Å². The number of ketones is 1. The lowest BCUT2D eigenvalue weighted by Gasteiger charge is -2.03.